The van der Waals surface area contributed by atoms with E-state index in [9.17, 15) is 4.79 Å². The van der Waals surface area contributed by atoms with E-state index in [1.165, 1.54) is 16.7 Å². The molecule has 0 spiro atoms. The lowest BCUT2D eigenvalue weighted by Gasteiger charge is -2.34. The Morgan fingerprint density at radius 1 is 1.21 bits per heavy atom. The number of hydrogen-bond donors (Lipinski definition) is 0. The van der Waals surface area contributed by atoms with E-state index < -0.39 is 0 Å². The number of anilines is 1. The summed E-state index contributed by atoms with van der Waals surface area (Å²) in [4.78, 5) is 18.3. The molecular formula is C23H30N2O3. The van der Waals surface area contributed by atoms with Crippen LogP contribution in [0.15, 0.2) is 42.7 Å². The van der Waals surface area contributed by atoms with E-state index in [4.69, 9.17) is 9.47 Å². The molecule has 150 valence electrons. The second-order valence-corrected chi connectivity index (χ2v) is 7.32. The molecule has 1 aliphatic heterocycles. The smallest absolute Gasteiger partial charge is 0.305 e. The van der Waals surface area contributed by atoms with Gasteiger partial charge in [-0.1, -0.05) is 29.8 Å². The fraction of sp³-hybridized carbons (Fsp3) is 0.478. The molecule has 1 fully saturated rings. The third kappa shape index (κ3) is 6.06. The van der Waals surface area contributed by atoms with E-state index in [-0.39, 0.29) is 12.1 Å². The first-order valence-electron chi connectivity index (χ1n) is 10.2. The number of ether oxygens (including phenoxy) is 2. The zero-order chi connectivity index (χ0) is 19.8. The van der Waals surface area contributed by atoms with Crippen LogP contribution in [0.5, 0.6) is 0 Å². The summed E-state index contributed by atoms with van der Waals surface area (Å²) in [7, 11) is 0. The molecule has 0 radical (unpaired) electrons. The number of morpholine rings is 1. The largest absolute Gasteiger partial charge is 0.466 e. The second-order valence-electron chi connectivity index (χ2n) is 7.32. The molecule has 1 aliphatic rings. The molecule has 28 heavy (non-hydrogen) atoms. The van der Waals surface area contributed by atoms with Gasteiger partial charge in [0.15, 0.2) is 0 Å². The number of nitrogens with zero attached hydrogens (tertiary/aromatic N) is 2. The van der Waals surface area contributed by atoms with Crippen molar-refractivity contribution in [2.45, 2.75) is 45.6 Å². The minimum atomic E-state index is -0.150. The van der Waals surface area contributed by atoms with E-state index in [0.717, 1.165) is 31.6 Å². The number of aromatic nitrogens is 1. The Kier molecular flexibility index (Phi) is 7.43. The molecule has 1 atom stereocenters. The van der Waals surface area contributed by atoms with Gasteiger partial charge >= 0.3 is 5.97 Å². The van der Waals surface area contributed by atoms with Crippen LogP contribution in [0.3, 0.4) is 0 Å². The Morgan fingerprint density at radius 3 is 2.79 bits per heavy atom. The second kappa shape index (κ2) is 10.2. The van der Waals surface area contributed by atoms with E-state index in [0.29, 0.717) is 26.1 Å². The highest BCUT2D eigenvalue weighted by Gasteiger charge is 2.22. The van der Waals surface area contributed by atoms with Crippen molar-refractivity contribution in [3.63, 3.8) is 0 Å². The van der Waals surface area contributed by atoms with E-state index in [1.807, 2.05) is 19.3 Å². The van der Waals surface area contributed by atoms with Gasteiger partial charge in [0.25, 0.3) is 0 Å². The molecule has 1 aromatic carbocycles. The molecule has 1 aromatic heterocycles. The maximum absolute atomic E-state index is 11.6. The third-order valence-electron chi connectivity index (χ3n) is 5.08. The van der Waals surface area contributed by atoms with Crippen molar-refractivity contribution in [1.29, 1.82) is 0 Å². The van der Waals surface area contributed by atoms with Gasteiger partial charge in [-0.3, -0.25) is 9.78 Å². The van der Waals surface area contributed by atoms with Crippen LogP contribution in [0.1, 0.15) is 36.5 Å². The van der Waals surface area contributed by atoms with Crippen molar-refractivity contribution in [3.8, 4) is 0 Å². The number of rotatable bonds is 8. The van der Waals surface area contributed by atoms with Crippen LogP contribution in [0, 0.1) is 6.92 Å². The molecule has 3 rings (SSSR count). The van der Waals surface area contributed by atoms with Gasteiger partial charge in [-0.2, -0.15) is 0 Å². The number of hydrogen-bond acceptors (Lipinski definition) is 5. The number of carbonyl (C=O) groups is 1. The molecule has 5 heteroatoms. The van der Waals surface area contributed by atoms with E-state index >= 15 is 0 Å². The lowest BCUT2D eigenvalue weighted by molar-refractivity contribution is -0.144. The van der Waals surface area contributed by atoms with Gasteiger partial charge in [-0.05, 0) is 50.3 Å². The maximum Gasteiger partial charge on any atom is 0.305 e. The number of esters is 1. The fourth-order valence-electron chi connectivity index (χ4n) is 3.47. The molecular weight excluding hydrogens is 352 g/mol. The Morgan fingerprint density at radius 2 is 2.00 bits per heavy atom. The summed E-state index contributed by atoms with van der Waals surface area (Å²) in [5, 5.41) is 0. The monoisotopic (exact) mass is 382 g/mol. The standard InChI is InChI=1S/C23H30N2O3/c1-3-27-23(26)11-10-22-17-25(12-13-28-22)21-14-20(15-24-16-21)9-8-19-6-4-18(2)5-7-19/h4-7,14-16,22H,3,8-13,17H2,1-2H3. The van der Waals surface area contributed by atoms with Crippen molar-refractivity contribution in [2.24, 2.45) is 0 Å². The summed E-state index contributed by atoms with van der Waals surface area (Å²) >= 11 is 0. The molecule has 2 heterocycles. The zero-order valence-corrected chi connectivity index (χ0v) is 16.9. The first kappa shape index (κ1) is 20.3. The highest BCUT2D eigenvalue weighted by molar-refractivity contribution is 5.69. The van der Waals surface area contributed by atoms with Crippen LogP contribution in [0.4, 0.5) is 5.69 Å². The van der Waals surface area contributed by atoms with E-state index in [2.05, 4.69) is 47.1 Å². The van der Waals surface area contributed by atoms with E-state index in [1.54, 1.807) is 0 Å². The van der Waals surface area contributed by atoms with Crippen molar-refractivity contribution in [1.82, 2.24) is 4.98 Å². The van der Waals surface area contributed by atoms with Crippen molar-refractivity contribution < 1.29 is 14.3 Å². The van der Waals surface area contributed by atoms with Crippen LogP contribution in [-0.4, -0.2) is 43.4 Å². The van der Waals surface area contributed by atoms with Crippen LogP contribution in [-0.2, 0) is 27.1 Å². The zero-order valence-electron chi connectivity index (χ0n) is 16.9. The topological polar surface area (TPSA) is 51.7 Å². The normalized spacial score (nSPS) is 16.8. The van der Waals surface area contributed by atoms with Gasteiger partial charge in [0, 0.05) is 25.7 Å². The molecule has 1 saturated heterocycles. The molecule has 0 bridgehead atoms. The lowest BCUT2D eigenvalue weighted by atomic mass is 10.0. The number of pyridine rings is 1. The predicted octanol–water partition coefficient (Wildman–Crippen LogP) is 3.72. The molecule has 5 nitrogen and oxygen atoms in total. The summed E-state index contributed by atoms with van der Waals surface area (Å²) in [5.41, 5.74) is 5.01. The van der Waals surface area contributed by atoms with Gasteiger partial charge < -0.3 is 14.4 Å². The average Bonchev–Trinajstić information content (AvgIpc) is 2.72. The number of benzene rings is 1. The summed E-state index contributed by atoms with van der Waals surface area (Å²) < 4.78 is 10.8. The first-order chi connectivity index (χ1) is 13.6. The van der Waals surface area contributed by atoms with Gasteiger partial charge in [0.1, 0.15) is 0 Å². The summed E-state index contributed by atoms with van der Waals surface area (Å²) in [6.07, 6.45) is 7.00. The summed E-state index contributed by atoms with van der Waals surface area (Å²) in [6.45, 7) is 6.66. The molecule has 0 amide bonds. The molecule has 0 aliphatic carbocycles. The maximum atomic E-state index is 11.6. The molecule has 2 aromatic rings. The molecule has 0 N–H and O–H groups in total. The van der Waals surface area contributed by atoms with Gasteiger partial charge in [-0.25, -0.2) is 0 Å². The van der Waals surface area contributed by atoms with Crippen molar-refractivity contribution in [2.75, 3.05) is 31.2 Å². The Hall–Kier alpha value is -2.40. The number of carbonyl (C=O) groups excluding carboxylic acids is 1. The van der Waals surface area contributed by atoms with Crippen LogP contribution >= 0.6 is 0 Å². The highest BCUT2D eigenvalue weighted by Crippen LogP contribution is 2.21. The Bertz CT molecular complexity index is 761. The minimum absolute atomic E-state index is 0.0503. The van der Waals surface area contributed by atoms with Gasteiger partial charge in [-0.15, -0.1) is 0 Å². The predicted molar refractivity (Wildman–Crippen MR) is 111 cm³/mol. The Labute approximate surface area is 167 Å². The summed E-state index contributed by atoms with van der Waals surface area (Å²) in [5.74, 6) is -0.150. The fourth-order valence-corrected chi connectivity index (χ4v) is 3.47. The van der Waals surface area contributed by atoms with Gasteiger partial charge in [0.2, 0.25) is 0 Å². The minimum Gasteiger partial charge on any atom is -0.466 e. The number of aryl methyl sites for hydroxylation is 3. The van der Waals surface area contributed by atoms with Crippen LogP contribution in [0.25, 0.3) is 0 Å². The first-order valence-corrected chi connectivity index (χ1v) is 10.2. The average molecular weight is 383 g/mol. The van der Waals surface area contributed by atoms with Crippen molar-refractivity contribution >= 4 is 11.7 Å². The van der Waals surface area contributed by atoms with Crippen molar-refractivity contribution in [3.05, 3.63) is 59.4 Å². The van der Waals surface area contributed by atoms with Crippen LogP contribution in [0.2, 0.25) is 0 Å². The Balaban J connectivity index is 1.55. The highest BCUT2D eigenvalue weighted by atomic mass is 16.5. The SMILES string of the molecule is CCOC(=O)CCC1CN(c2cncc(CCc3ccc(C)cc3)c2)CCO1. The molecule has 0 saturated carbocycles. The lowest BCUT2D eigenvalue weighted by Crippen LogP contribution is -2.42. The van der Waals surface area contributed by atoms with Gasteiger partial charge in [0.05, 0.1) is 31.2 Å². The van der Waals surface area contributed by atoms with Crippen LogP contribution < -0.4 is 4.90 Å². The summed E-state index contributed by atoms with van der Waals surface area (Å²) in [6, 6.07) is 10.9. The third-order valence-corrected chi connectivity index (χ3v) is 5.08. The molecule has 1 unspecified atom stereocenters. The quantitative estimate of drug-likeness (QED) is 0.651.